The molecule has 0 spiro atoms. The predicted octanol–water partition coefficient (Wildman–Crippen LogP) is 7.67. The SMILES string of the molecule is C=CCOc1cccc(C(=O)Nc2ccc(C(=O)O)cc2)c1OC(C)C.NC(=O)[C@H](CC(=O)NC(c1ccccc1)(c1ccccc1)c1ccccc1)NC(=O)c1ccc([N+](=O)[O-])cc1. The van der Waals surface area contributed by atoms with Crippen LogP contribution in [0.3, 0.4) is 0 Å². The summed E-state index contributed by atoms with van der Waals surface area (Å²) < 4.78 is 11.4. The highest BCUT2D eigenvalue weighted by molar-refractivity contribution is 6.07. The number of hydrogen-bond donors (Lipinski definition) is 5. The summed E-state index contributed by atoms with van der Waals surface area (Å²) in [4.78, 5) is 72.5. The molecule has 0 aliphatic rings. The van der Waals surface area contributed by atoms with E-state index in [0.29, 0.717) is 22.7 Å². The lowest BCUT2D eigenvalue weighted by Gasteiger charge is -2.37. The van der Waals surface area contributed by atoms with Crippen LogP contribution in [0, 0.1) is 10.1 Å². The van der Waals surface area contributed by atoms with Gasteiger partial charge in [0.25, 0.3) is 17.5 Å². The number of nitrogens with one attached hydrogen (secondary N) is 3. The molecule has 0 aliphatic carbocycles. The molecule has 0 fully saturated rings. The van der Waals surface area contributed by atoms with E-state index in [2.05, 4.69) is 22.5 Å². The number of benzene rings is 6. The Balaban J connectivity index is 0.000000265. The summed E-state index contributed by atoms with van der Waals surface area (Å²) in [6.07, 6.45) is 1.03. The highest BCUT2D eigenvalue weighted by atomic mass is 16.6. The molecule has 4 amide bonds. The summed E-state index contributed by atoms with van der Waals surface area (Å²) in [5, 5.41) is 28.2. The van der Waals surface area contributed by atoms with E-state index in [0.717, 1.165) is 16.7 Å². The number of nitrogens with two attached hydrogens (primary N) is 1. The van der Waals surface area contributed by atoms with E-state index in [4.69, 9.17) is 20.3 Å². The zero-order valence-corrected chi connectivity index (χ0v) is 35.5. The van der Waals surface area contributed by atoms with Gasteiger partial charge < -0.3 is 36.3 Å². The number of hydrogen-bond acceptors (Lipinski definition) is 9. The molecule has 0 radical (unpaired) electrons. The molecule has 15 nitrogen and oxygen atoms in total. The van der Waals surface area contributed by atoms with Crippen LogP contribution in [0.15, 0.2) is 170 Å². The summed E-state index contributed by atoms with van der Waals surface area (Å²) in [6.45, 7) is 7.62. The molecule has 6 rings (SSSR count). The lowest BCUT2D eigenvalue weighted by atomic mass is 9.77. The predicted molar refractivity (Wildman–Crippen MR) is 245 cm³/mol. The van der Waals surface area contributed by atoms with Gasteiger partial charge in [-0.3, -0.25) is 29.3 Å². The van der Waals surface area contributed by atoms with Crippen molar-refractivity contribution in [2.24, 2.45) is 5.73 Å². The van der Waals surface area contributed by atoms with Crippen molar-refractivity contribution in [3.8, 4) is 11.5 Å². The Labute approximate surface area is 375 Å². The van der Waals surface area contributed by atoms with Gasteiger partial charge >= 0.3 is 5.97 Å². The number of rotatable bonds is 18. The topological polar surface area (TPSA) is 229 Å². The van der Waals surface area contributed by atoms with Crippen LogP contribution in [-0.2, 0) is 15.1 Å². The number of ether oxygens (including phenoxy) is 2. The van der Waals surface area contributed by atoms with Crippen molar-refractivity contribution in [3.05, 3.63) is 214 Å². The number of nitro benzene ring substituents is 1. The number of para-hydroxylation sites is 1. The van der Waals surface area contributed by atoms with E-state index < -0.39 is 46.6 Å². The van der Waals surface area contributed by atoms with Crippen molar-refractivity contribution in [1.29, 1.82) is 0 Å². The van der Waals surface area contributed by atoms with Gasteiger partial charge in [-0.05, 0) is 79.1 Å². The standard InChI is InChI=1S/C30H26N4O5.C20H21NO5/c31-28(36)26(32-29(37)21-16-18-25(19-17-21)34(38)39)20-27(35)33-30(22-10-4-1-5-11-22,23-12-6-2-7-13-23)24-14-8-3-9-15-24;1-4-12-25-17-7-5-6-16(18(17)26-13(2)3)19(22)21-15-10-8-14(9-11-15)20(23)24/h1-19,26H,20H2,(H2,31,36)(H,32,37)(H,33,35);4-11,13H,1,12H2,2-3H3,(H,21,22)(H,23,24)/t26-;/m0./s1. The third-order valence-electron chi connectivity index (χ3n) is 9.65. The number of aromatic carboxylic acids is 1. The Morgan fingerprint density at radius 2 is 1.26 bits per heavy atom. The van der Waals surface area contributed by atoms with Crippen LogP contribution in [0.5, 0.6) is 11.5 Å². The number of carbonyl (C=O) groups excluding carboxylic acids is 4. The second-order valence-corrected chi connectivity index (χ2v) is 14.6. The van der Waals surface area contributed by atoms with Crippen LogP contribution in [0.2, 0.25) is 0 Å². The average molecular weight is 878 g/mol. The molecule has 65 heavy (non-hydrogen) atoms. The molecule has 0 aliphatic heterocycles. The maximum Gasteiger partial charge on any atom is 0.335 e. The number of carboxylic acid groups (broad SMARTS) is 1. The molecular weight excluding hydrogens is 831 g/mol. The fourth-order valence-electron chi connectivity index (χ4n) is 6.63. The second-order valence-electron chi connectivity index (χ2n) is 14.6. The largest absolute Gasteiger partial charge is 0.486 e. The van der Waals surface area contributed by atoms with Gasteiger partial charge in [-0.2, -0.15) is 0 Å². The number of carboxylic acids is 1. The third kappa shape index (κ3) is 12.5. The maximum absolute atomic E-state index is 13.6. The molecule has 0 saturated heterocycles. The molecule has 0 bridgehead atoms. The van der Waals surface area contributed by atoms with Crippen molar-refractivity contribution >= 4 is 41.0 Å². The van der Waals surface area contributed by atoms with Crippen molar-refractivity contribution in [2.45, 2.75) is 38.0 Å². The van der Waals surface area contributed by atoms with E-state index >= 15 is 0 Å². The Morgan fingerprint density at radius 3 is 1.72 bits per heavy atom. The molecule has 6 aromatic rings. The van der Waals surface area contributed by atoms with E-state index in [1.165, 1.54) is 48.5 Å². The van der Waals surface area contributed by atoms with Crippen LogP contribution in [-0.4, -0.2) is 58.4 Å². The first-order chi connectivity index (χ1) is 31.2. The number of primary amides is 1. The van der Waals surface area contributed by atoms with Gasteiger partial charge in [-0.15, -0.1) is 0 Å². The molecule has 0 unspecified atom stereocenters. The number of anilines is 1. The first-order valence-electron chi connectivity index (χ1n) is 20.2. The molecule has 15 heteroatoms. The van der Waals surface area contributed by atoms with Crippen LogP contribution in [0.25, 0.3) is 0 Å². The van der Waals surface area contributed by atoms with Crippen LogP contribution >= 0.6 is 0 Å². The van der Waals surface area contributed by atoms with E-state index in [9.17, 15) is 34.1 Å². The Kier molecular flexibility index (Phi) is 16.4. The van der Waals surface area contributed by atoms with Crippen molar-refractivity contribution in [3.63, 3.8) is 0 Å². The monoisotopic (exact) mass is 877 g/mol. The molecule has 1 atom stereocenters. The highest BCUT2D eigenvalue weighted by Crippen LogP contribution is 2.37. The van der Waals surface area contributed by atoms with Crippen molar-refractivity contribution in [2.75, 3.05) is 11.9 Å². The Morgan fingerprint density at radius 1 is 0.738 bits per heavy atom. The minimum Gasteiger partial charge on any atom is -0.486 e. The summed E-state index contributed by atoms with van der Waals surface area (Å²) in [5.74, 6) is -2.72. The lowest BCUT2D eigenvalue weighted by molar-refractivity contribution is -0.384. The molecule has 6 aromatic carbocycles. The van der Waals surface area contributed by atoms with Gasteiger partial charge in [0.15, 0.2) is 11.5 Å². The molecule has 0 saturated carbocycles. The quantitative estimate of drug-likeness (QED) is 0.0245. The van der Waals surface area contributed by atoms with Crippen LogP contribution < -0.4 is 31.2 Å². The first kappa shape index (κ1) is 47.5. The average Bonchev–Trinajstić information content (AvgIpc) is 3.31. The fraction of sp³-hybridized carbons (Fsp3) is 0.140. The maximum atomic E-state index is 13.6. The van der Waals surface area contributed by atoms with Crippen molar-refractivity contribution in [1.82, 2.24) is 10.6 Å². The second kappa shape index (κ2) is 22.5. The molecular formula is C50H47N5O10. The summed E-state index contributed by atoms with van der Waals surface area (Å²) >= 11 is 0. The number of nitro groups is 1. The summed E-state index contributed by atoms with van der Waals surface area (Å²) in [7, 11) is 0. The van der Waals surface area contributed by atoms with Crippen LogP contribution in [0.1, 0.15) is 68.0 Å². The minimum atomic E-state index is -1.33. The summed E-state index contributed by atoms with van der Waals surface area (Å²) in [5.41, 5.74) is 7.67. The van der Waals surface area contributed by atoms with Gasteiger partial charge in [0.2, 0.25) is 11.8 Å². The zero-order valence-electron chi connectivity index (χ0n) is 35.5. The molecule has 332 valence electrons. The number of carbonyl (C=O) groups is 5. The van der Waals surface area contributed by atoms with E-state index in [-0.39, 0.29) is 35.4 Å². The molecule has 0 aromatic heterocycles. The van der Waals surface area contributed by atoms with Crippen molar-refractivity contribution < 1.29 is 43.5 Å². The molecule has 6 N–H and O–H groups in total. The van der Waals surface area contributed by atoms with E-state index in [1.807, 2.05) is 105 Å². The molecule has 0 heterocycles. The summed E-state index contributed by atoms with van der Waals surface area (Å²) in [6, 6.07) is 42.8. The Hall–Kier alpha value is -8.59. The minimum absolute atomic E-state index is 0.0828. The smallest absolute Gasteiger partial charge is 0.335 e. The normalized spacial score (nSPS) is 11.1. The highest BCUT2D eigenvalue weighted by Gasteiger charge is 2.38. The van der Waals surface area contributed by atoms with Gasteiger partial charge in [0.1, 0.15) is 18.2 Å². The number of non-ortho nitro benzene ring substituents is 1. The van der Waals surface area contributed by atoms with Gasteiger partial charge in [-0.25, -0.2) is 4.79 Å². The van der Waals surface area contributed by atoms with Crippen LogP contribution in [0.4, 0.5) is 11.4 Å². The van der Waals surface area contributed by atoms with Gasteiger partial charge in [0, 0.05) is 23.4 Å². The van der Waals surface area contributed by atoms with E-state index in [1.54, 1.807) is 24.3 Å². The fourth-order valence-corrected chi connectivity index (χ4v) is 6.63. The first-order valence-corrected chi connectivity index (χ1v) is 20.2. The number of nitrogens with zero attached hydrogens (tertiary/aromatic N) is 1. The lowest BCUT2D eigenvalue weighted by Crippen LogP contribution is -2.52. The Bertz CT molecular complexity index is 2510. The third-order valence-corrected chi connectivity index (χ3v) is 9.65. The zero-order chi connectivity index (χ0) is 46.9. The number of amides is 4. The van der Waals surface area contributed by atoms with Gasteiger partial charge in [-0.1, -0.05) is 110 Å². The van der Waals surface area contributed by atoms with Gasteiger partial charge in [0.05, 0.1) is 28.6 Å².